The van der Waals surface area contributed by atoms with E-state index in [1.54, 1.807) is 30.3 Å². The fourth-order valence-electron chi connectivity index (χ4n) is 6.03. The van der Waals surface area contributed by atoms with E-state index in [1.165, 1.54) is 12.3 Å². The first kappa shape index (κ1) is 23.1. The van der Waals surface area contributed by atoms with Crippen LogP contribution in [0.3, 0.4) is 0 Å². The Morgan fingerprint density at radius 1 is 1.05 bits per heavy atom. The van der Waals surface area contributed by atoms with Gasteiger partial charge in [-0.15, -0.1) is 0 Å². The van der Waals surface area contributed by atoms with Crippen LogP contribution >= 0.6 is 0 Å². The van der Waals surface area contributed by atoms with E-state index in [2.05, 4.69) is 21.4 Å². The highest BCUT2D eigenvalue weighted by Gasteiger charge is 2.47. The zero-order valence-electron chi connectivity index (χ0n) is 19.7. The minimum absolute atomic E-state index is 0.124. The number of H-pyrrole nitrogens is 1. The maximum absolute atomic E-state index is 14.4. The van der Waals surface area contributed by atoms with Crippen molar-refractivity contribution in [3.05, 3.63) is 65.9 Å². The molecule has 0 amide bonds. The summed E-state index contributed by atoms with van der Waals surface area (Å²) >= 11 is 0. The number of hydrogen-bond donors (Lipinski definition) is 3. The van der Waals surface area contributed by atoms with E-state index >= 15 is 0 Å². The van der Waals surface area contributed by atoms with E-state index in [0.29, 0.717) is 28.0 Å². The molecule has 0 saturated heterocycles. The molecule has 2 bridgehead atoms. The zero-order chi connectivity index (χ0) is 25.7. The highest BCUT2D eigenvalue weighted by Crippen LogP contribution is 2.46. The molecule has 3 aliphatic carbocycles. The lowest BCUT2D eigenvalue weighted by Gasteiger charge is -2.47. The molecule has 3 aliphatic rings. The number of benzene rings is 2. The normalized spacial score (nSPS) is 22.6. The highest BCUT2D eigenvalue weighted by atomic mass is 19.1. The minimum atomic E-state index is -0.809. The SMILES string of the molecule is N#Cc1ccc(-c2cc(NC3C4CCC(CC4)C3C(=O)O)nc(-c3c[nH]c4c(F)cc(F)cc34)n2)cc1. The quantitative estimate of drug-likeness (QED) is 0.322. The molecular weight excluding hydrogens is 476 g/mol. The maximum Gasteiger partial charge on any atom is 0.308 e. The second-order valence-electron chi connectivity index (χ2n) is 9.87. The van der Waals surface area contributed by atoms with Crippen LogP contribution in [0.4, 0.5) is 14.6 Å². The summed E-state index contributed by atoms with van der Waals surface area (Å²) in [7, 11) is 0. The Balaban J connectivity index is 1.47. The third-order valence-corrected chi connectivity index (χ3v) is 7.80. The van der Waals surface area contributed by atoms with Crippen molar-refractivity contribution in [3.8, 4) is 28.7 Å². The van der Waals surface area contributed by atoms with Gasteiger partial charge in [-0.1, -0.05) is 12.1 Å². The lowest BCUT2D eigenvalue weighted by atomic mass is 9.61. The molecule has 3 fully saturated rings. The van der Waals surface area contributed by atoms with Crippen molar-refractivity contribution >= 4 is 22.7 Å². The molecule has 0 radical (unpaired) electrons. The van der Waals surface area contributed by atoms with Crippen LogP contribution in [0.5, 0.6) is 0 Å². The van der Waals surface area contributed by atoms with Gasteiger partial charge in [0.05, 0.1) is 28.8 Å². The molecule has 7 rings (SSSR count). The minimum Gasteiger partial charge on any atom is -0.481 e. The number of fused-ring (bicyclic) bond motifs is 4. The van der Waals surface area contributed by atoms with Gasteiger partial charge in [-0.25, -0.2) is 18.7 Å². The van der Waals surface area contributed by atoms with E-state index in [9.17, 15) is 18.7 Å². The third-order valence-electron chi connectivity index (χ3n) is 7.80. The fourth-order valence-corrected chi connectivity index (χ4v) is 6.03. The van der Waals surface area contributed by atoms with Crippen LogP contribution in [0.2, 0.25) is 0 Å². The summed E-state index contributed by atoms with van der Waals surface area (Å²) in [5.74, 6) is -1.72. The largest absolute Gasteiger partial charge is 0.481 e. The Labute approximate surface area is 211 Å². The van der Waals surface area contributed by atoms with Gasteiger partial charge < -0.3 is 15.4 Å². The van der Waals surface area contributed by atoms with Gasteiger partial charge in [0.15, 0.2) is 5.82 Å². The number of carbonyl (C=O) groups is 1. The van der Waals surface area contributed by atoms with Crippen LogP contribution in [0.1, 0.15) is 31.2 Å². The third kappa shape index (κ3) is 4.08. The van der Waals surface area contributed by atoms with Gasteiger partial charge in [0.25, 0.3) is 0 Å². The molecule has 0 aliphatic heterocycles. The van der Waals surface area contributed by atoms with Gasteiger partial charge in [-0.05, 0) is 55.7 Å². The van der Waals surface area contributed by atoms with Crippen molar-refractivity contribution in [2.45, 2.75) is 31.7 Å². The Morgan fingerprint density at radius 3 is 2.49 bits per heavy atom. The van der Waals surface area contributed by atoms with Gasteiger partial charge in [0, 0.05) is 40.9 Å². The van der Waals surface area contributed by atoms with Gasteiger partial charge in [0.1, 0.15) is 17.5 Å². The van der Waals surface area contributed by atoms with Gasteiger partial charge in [-0.2, -0.15) is 5.26 Å². The van der Waals surface area contributed by atoms with Crippen LogP contribution < -0.4 is 5.32 Å². The number of nitrogens with one attached hydrogen (secondary N) is 2. The van der Waals surface area contributed by atoms with Gasteiger partial charge >= 0.3 is 5.97 Å². The summed E-state index contributed by atoms with van der Waals surface area (Å²) in [5.41, 5.74) is 2.33. The first-order valence-corrected chi connectivity index (χ1v) is 12.3. The van der Waals surface area contributed by atoms with Crippen molar-refractivity contribution in [3.63, 3.8) is 0 Å². The van der Waals surface area contributed by atoms with E-state index in [4.69, 9.17) is 10.2 Å². The van der Waals surface area contributed by atoms with Gasteiger partial charge in [-0.3, -0.25) is 4.79 Å². The summed E-state index contributed by atoms with van der Waals surface area (Å²) in [4.78, 5) is 24.4. The standard InChI is InChI=1S/C28H23F2N5O2/c29-18-9-19-20(13-32-26(19)21(30)10-18)27-33-22(15-3-1-14(12-31)2-4-15)11-23(35-27)34-25-17-7-5-16(6-8-17)24(25)28(36)37/h1-4,9-11,13,16-17,24-25,32H,5-8H2,(H,36,37)(H,33,34,35). The van der Waals surface area contributed by atoms with E-state index in [0.717, 1.165) is 37.3 Å². The molecule has 4 aromatic rings. The monoisotopic (exact) mass is 499 g/mol. The number of anilines is 1. The van der Waals surface area contributed by atoms with E-state index in [-0.39, 0.29) is 29.2 Å². The molecule has 7 nitrogen and oxygen atoms in total. The number of hydrogen-bond acceptors (Lipinski definition) is 5. The number of aromatic amines is 1. The van der Waals surface area contributed by atoms with Gasteiger partial charge in [0.2, 0.25) is 0 Å². The molecule has 3 N–H and O–H groups in total. The molecule has 0 spiro atoms. The van der Waals surface area contributed by atoms with Crippen LogP contribution in [-0.4, -0.2) is 32.1 Å². The van der Waals surface area contributed by atoms with E-state index in [1.807, 2.05) is 0 Å². The lowest BCUT2D eigenvalue weighted by molar-refractivity contribution is -0.148. The van der Waals surface area contributed by atoms with Crippen LogP contribution in [0.15, 0.2) is 48.7 Å². The van der Waals surface area contributed by atoms with Crippen LogP contribution in [0.25, 0.3) is 33.5 Å². The second kappa shape index (κ2) is 8.96. The summed E-state index contributed by atoms with van der Waals surface area (Å²) in [5, 5.41) is 22.9. The Bertz CT molecular complexity index is 1550. The molecule has 9 heteroatoms. The second-order valence-corrected chi connectivity index (χ2v) is 9.87. The predicted molar refractivity (Wildman–Crippen MR) is 133 cm³/mol. The molecule has 37 heavy (non-hydrogen) atoms. The number of carboxylic acid groups (broad SMARTS) is 1. The Morgan fingerprint density at radius 2 is 1.78 bits per heavy atom. The summed E-state index contributed by atoms with van der Waals surface area (Å²) in [6.45, 7) is 0. The fraction of sp³-hybridized carbons (Fsp3) is 0.286. The van der Waals surface area contributed by atoms with Crippen LogP contribution in [0, 0.1) is 40.7 Å². The number of aromatic nitrogens is 3. The number of carboxylic acids is 1. The molecule has 2 aromatic heterocycles. The zero-order valence-corrected chi connectivity index (χ0v) is 19.7. The number of nitriles is 1. The van der Waals surface area contributed by atoms with Crippen molar-refractivity contribution in [1.29, 1.82) is 5.26 Å². The van der Waals surface area contributed by atoms with Crippen molar-refractivity contribution < 1.29 is 18.7 Å². The molecule has 2 unspecified atom stereocenters. The number of rotatable bonds is 5. The Hall–Kier alpha value is -4.32. The summed E-state index contributed by atoms with van der Waals surface area (Å²) < 4.78 is 28.5. The summed E-state index contributed by atoms with van der Waals surface area (Å²) in [6.07, 6.45) is 5.30. The maximum atomic E-state index is 14.4. The molecular formula is C28H23F2N5O2. The van der Waals surface area contributed by atoms with Crippen molar-refractivity contribution in [2.75, 3.05) is 5.32 Å². The highest BCUT2D eigenvalue weighted by molar-refractivity contribution is 5.94. The molecule has 3 saturated carbocycles. The number of aliphatic carboxylic acids is 1. The Kier molecular flexibility index (Phi) is 5.60. The number of halogens is 2. The molecule has 2 atom stereocenters. The smallest absolute Gasteiger partial charge is 0.308 e. The first-order chi connectivity index (χ1) is 17.9. The number of nitrogens with zero attached hydrogens (tertiary/aromatic N) is 3. The first-order valence-electron chi connectivity index (χ1n) is 12.3. The van der Waals surface area contributed by atoms with E-state index < -0.39 is 23.5 Å². The molecule has 2 heterocycles. The average molecular weight is 500 g/mol. The van der Waals surface area contributed by atoms with Crippen LogP contribution in [-0.2, 0) is 4.79 Å². The topological polar surface area (TPSA) is 115 Å². The lowest BCUT2D eigenvalue weighted by Crippen LogP contribution is -2.51. The molecule has 186 valence electrons. The summed E-state index contributed by atoms with van der Waals surface area (Å²) in [6, 6.07) is 12.5. The predicted octanol–water partition coefficient (Wildman–Crippen LogP) is 5.74. The molecule has 2 aromatic carbocycles. The van der Waals surface area contributed by atoms with Crippen molar-refractivity contribution in [1.82, 2.24) is 15.0 Å². The van der Waals surface area contributed by atoms with Crippen molar-refractivity contribution in [2.24, 2.45) is 17.8 Å². The average Bonchev–Trinajstić information content (AvgIpc) is 3.33.